The summed E-state index contributed by atoms with van der Waals surface area (Å²) >= 11 is 6.17. The fourth-order valence-corrected chi connectivity index (χ4v) is 2.52. The zero-order valence-corrected chi connectivity index (χ0v) is 9.86. The molecule has 3 rings (SSSR count). The average Bonchev–Trinajstić information content (AvgIpc) is 2.38. The van der Waals surface area contributed by atoms with Crippen LogP contribution < -0.4 is 0 Å². The molecule has 3 nitrogen and oxygen atoms in total. The Hall–Kier alpha value is -2.13. The van der Waals surface area contributed by atoms with Crippen molar-refractivity contribution in [2.45, 2.75) is 0 Å². The maximum Gasteiger partial charge on any atom is 0.190 e. The molecule has 0 saturated carbocycles. The number of ketones is 2. The molecule has 0 radical (unpaired) electrons. The molecule has 18 heavy (non-hydrogen) atoms. The van der Waals surface area contributed by atoms with Crippen LogP contribution in [0.25, 0.3) is 10.8 Å². The lowest BCUT2D eigenvalue weighted by Gasteiger charge is -2.15. The molecule has 0 unspecified atom stereocenters. The molecule has 0 atom stereocenters. The van der Waals surface area contributed by atoms with Crippen molar-refractivity contribution >= 4 is 33.9 Å². The fourth-order valence-electron chi connectivity index (χ4n) is 2.17. The van der Waals surface area contributed by atoms with Gasteiger partial charge in [0.15, 0.2) is 11.6 Å². The fraction of sp³-hybridized carbons (Fsp3) is 0. The quantitative estimate of drug-likeness (QED) is 0.790. The molecule has 2 aromatic rings. The van der Waals surface area contributed by atoms with Gasteiger partial charge in [0.2, 0.25) is 0 Å². The summed E-state index contributed by atoms with van der Waals surface area (Å²) in [6.07, 6.45) is 2.32. The first-order chi connectivity index (χ1) is 8.61. The minimum absolute atomic E-state index is 0.00815. The van der Waals surface area contributed by atoms with Gasteiger partial charge in [-0.1, -0.05) is 35.9 Å². The molecule has 2 aromatic carbocycles. The topological polar surface area (TPSA) is 54.4 Å². The number of halogens is 1. The highest BCUT2D eigenvalue weighted by atomic mass is 35.5. The van der Waals surface area contributed by atoms with E-state index in [1.54, 1.807) is 24.3 Å². The number of phenolic OH excluding ortho intramolecular Hbond substituents is 1. The summed E-state index contributed by atoms with van der Waals surface area (Å²) in [4.78, 5) is 23.6. The number of aromatic hydroxyl groups is 1. The van der Waals surface area contributed by atoms with E-state index in [0.29, 0.717) is 10.8 Å². The second-order valence-corrected chi connectivity index (χ2v) is 4.40. The number of carbonyl (C=O) groups excluding carboxylic acids is 2. The third-order valence-corrected chi connectivity index (χ3v) is 3.40. The van der Waals surface area contributed by atoms with Gasteiger partial charge in [0, 0.05) is 10.8 Å². The normalized spacial score (nSPS) is 14.1. The number of hydrogen-bond acceptors (Lipinski definition) is 3. The van der Waals surface area contributed by atoms with Crippen LogP contribution in [-0.2, 0) is 0 Å². The molecule has 1 aliphatic carbocycles. The van der Waals surface area contributed by atoms with Crippen LogP contribution in [0.5, 0.6) is 5.75 Å². The molecule has 1 N–H and O–H groups in total. The van der Waals surface area contributed by atoms with Crippen molar-refractivity contribution in [3.05, 3.63) is 52.6 Å². The Labute approximate surface area is 107 Å². The summed E-state index contributed by atoms with van der Waals surface area (Å²) in [5.41, 5.74) is 0.0755. The van der Waals surface area contributed by atoms with Gasteiger partial charge < -0.3 is 5.11 Å². The van der Waals surface area contributed by atoms with E-state index in [1.807, 2.05) is 0 Å². The molecule has 0 aliphatic heterocycles. The van der Waals surface area contributed by atoms with Gasteiger partial charge in [-0.3, -0.25) is 9.59 Å². The molecule has 88 valence electrons. The highest BCUT2D eigenvalue weighted by Gasteiger charge is 2.28. The Morgan fingerprint density at radius 3 is 2.11 bits per heavy atom. The monoisotopic (exact) mass is 258 g/mol. The van der Waals surface area contributed by atoms with Gasteiger partial charge in [0.05, 0.1) is 16.1 Å². The molecule has 1 aliphatic rings. The first-order valence-corrected chi connectivity index (χ1v) is 5.69. The number of carbonyl (C=O) groups is 2. The van der Waals surface area contributed by atoms with Crippen molar-refractivity contribution in [3.63, 3.8) is 0 Å². The molecule has 0 fully saturated rings. The molecule has 0 bridgehead atoms. The van der Waals surface area contributed by atoms with Crippen molar-refractivity contribution in [2.24, 2.45) is 0 Å². The smallest absolute Gasteiger partial charge is 0.190 e. The number of fused-ring (bicyclic) bond motifs is 2. The molecule has 0 aromatic heterocycles. The predicted molar refractivity (Wildman–Crippen MR) is 68.4 cm³/mol. The summed E-state index contributed by atoms with van der Waals surface area (Å²) in [5.74, 6) is -0.960. The van der Waals surface area contributed by atoms with Gasteiger partial charge >= 0.3 is 0 Å². The largest absolute Gasteiger partial charge is 0.507 e. The second kappa shape index (κ2) is 3.68. The van der Waals surface area contributed by atoms with Crippen LogP contribution in [0, 0.1) is 0 Å². The van der Waals surface area contributed by atoms with Gasteiger partial charge in [-0.15, -0.1) is 0 Å². The maximum atomic E-state index is 11.8. The zero-order valence-electron chi connectivity index (χ0n) is 9.11. The van der Waals surface area contributed by atoms with Gasteiger partial charge in [0.1, 0.15) is 5.75 Å². The van der Waals surface area contributed by atoms with E-state index in [4.69, 9.17) is 11.6 Å². The van der Waals surface area contributed by atoms with Gasteiger partial charge in [0.25, 0.3) is 0 Å². The Balaban J connectivity index is 2.56. The van der Waals surface area contributed by atoms with Crippen LogP contribution in [0.4, 0.5) is 0 Å². The van der Waals surface area contributed by atoms with Crippen LogP contribution >= 0.6 is 11.6 Å². The van der Waals surface area contributed by atoms with Crippen LogP contribution in [0.15, 0.2) is 36.4 Å². The van der Waals surface area contributed by atoms with Crippen LogP contribution in [0.1, 0.15) is 20.7 Å². The molecule has 0 amide bonds. The lowest BCUT2D eigenvalue weighted by atomic mass is 9.90. The van der Waals surface area contributed by atoms with Crippen molar-refractivity contribution in [1.29, 1.82) is 0 Å². The van der Waals surface area contributed by atoms with Crippen LogP contribution in [0.3, 0.4) is 0 Å². The maximum absolute atomic E-state index is 11.8. The highest BCUT2D eigenvalue weighted by molar-refractivity contribution is 6.42. The molecule has 4 heteroatoms. The molecular formula is C14H7ClO3. The van der Waals surface area contributed by atoms with E-state index in [1.165, 1.54) is 6.08 Å². The van der Waals surface area contributed by atoms with E-state index in [2.05, 4.69) is 0 Å². The number of rotatable bonds is 0. The first kappa shape index (κ1) is 11.0. The first-order valence-electron chi connectivity index (χ1n) is 5.31. The zero-order chi connectivity index (χ0) is 12.9. The molecule has 0 spiro atoms. The third-order valence-electron chi connectivity index (χ3n) is 3.00. The predicted octanol–water partition coefficient (Wildman–Crippen LogP) is 3.13. The summed E-state index contributed by atoms with van der Waals surface area (Å²) < 4.78 is 0. The molecular weight excluding hydrogens is 252 g/mol. The van der Waals surface area contributed by atoms with Gasteiger partial charge in [-0.2, -0.15) is 0 Å². The summed E-state index contributed by atoms with van der Waals surface area (Å²) in [6.45, 7) is 0. The number of allylic oxidation sites excluding steroid dienone is 2. The Kier molecular flexibility index (Phi) is 2.25. The second-order valence-electron chi connectivity index (χ2n) is 4.02. The minimum atomic E-state index is -0.408. The van der Waals surface area contributed by atoms with Crippen LogP contribution in [0.2, 0.25) is 5.02 Å². The summed E-state index contributed by atoms with van der Waals surface area (Å²) in [5, 5.41) is 11.4. The van der Waals surface area contributed by atoms with E-state index >= 15 is 0 Å². The minimum Gasteiger partial charge on any atom is -0.507 e. The Morgan fingerprint density at radius 1 is 0.889 bits per heavy atom. The van der Waals surface area contributed by atoms with Gasteiger partial charge in [-0.25, -0.2) is 0 Å². The lowest BCUT2D eigenvalue weighted by Crippen LogP contribution is -2.12. The van der Waals surface area contributed by atoms with Crippen molar-refractivity contribution in [1.82, 2.24) is 0 Å². The number of hydrogen-bond donors (Lipinski definition) is 1. The van der Waals surface area contributed by atoms with E-state index < -0.39 is 5.78 Å². The van der Waals surface area contributed by atoms with E-state index in [0.717, 1.165) is 6.08 Å². The van der Waals surface area contributed by atoms with Crippen molar-refractivity contribution < 1.29 is 14.7 Å². The van der Waals surface area contributed by atoms with Gasteiger partial charge in [-0.05, 0) is 12.2 Å². The summed E-state index contributed by atoms with van der Waals surface area (Å²) in [6, 6.07) is 6.85. The Morgan fingerprint density at radius 2 is 1.44 bits per heavy atom. The average molecular weight is 259 g/mol. The third kappa shape index (κ3) is 1.31. The van der Waals surface area contributed by atoms with Crippen LogP contribution in [-0.4, -0.2) is 16.7 Å². The SMILES string of the molecule is O=C1C=CC(=O)c2c1c(O)c1ccccc1c2Cl. The number of phenols is 1. The van der Waals surface area contributed by atoms with E-state index in [9.17, 15) is 14.7 Å². The van der Waals surface area contributed by atoms with Crippen molar-refractivity contribution in [3.8, 4) is 5.75 Å². The standard InChI is InChI=1S/C14H7ClO3/c15-13-7-3-1-2-4-8(7)14(18)12-10(17)6-5-9(16)11(12)13/h1-6,18H. The molecule has 0 heterocycles. The molecule has 0 saturated heterocycles. The summed E-state index contributed by atoms with van der Waals surface area (Å²) in [7, 11) is 0. The number of benzene rings is 2. The van der Waals surface area contributed by atoms with E-state index in [-0.39, 0.29) is 27.7 Å². The Bertz CT molecular complexity index is 682. The lowest BCUT2D eigenvalue weighted by molar-refractivity contribution is 0.0992. The highest BCUT2D eigenvalue weighted by Crippen LogP contribution is 2.40. The van der Waals surface area contributed by atoms with Crippen molar-refractivity contribution in [2.75, 3.05) is 0 Å².